The van der Waals surface area contributed by atoms with E-state index in [4.69, 9.17) is 11.6 Å². The van der Waals surface area contributed by atoms with E-state index in [1.807, 2.05) is 24.3 Å². The van der Waals surface area contributed by atoms with E-state index in [1.165, 1.54) is 0 Å². The normalized spacial score (nSPS) is 10.6. The molecule has 90 valence electrons. The molecule has 4 heteroatoms. The van der Waals surface area contributed by atoms with Crippen LogP contribution in [-0.2, 0) is 0 Å². The second kappa shape index (κ2) is 5.73. The lowest BCUT2D eigenvalue weighted by molar-refractivity contribution is 0.0955. The zero-order chi connectivity index (χ0) is 12.1. The summed E-state index contributed by atoms with van der Waals surface area (Å²) in [6.07, 6.45) is 3.59. The number of para-hydroxylation sites is 1. The van der Waals surface area contributed by atoms with Gasteiger partial charge in [-0.1, -0.05) is 18.2 Å². The third kappa shape index (κ3) is 2.80. The molecule has 0 spiro atoms. The van der Waals surface area contributed by atoms with E-state index >= 15 is 0 Å². The number of amides is 1. The minimum Gasteiger partial charge on any atom is -0.360 e. The van der Waals surface area contributed by atoms with E-state index in [1.54, 1.807) is 6.20 Å². The van der Waals surface area contributed by atoms with Crippen LogP contribution in [0.15, 0.2) is 30.5 Å². The van der Waals surface area contributed by atoms with Gasteiger partial charge in [0.15, 0.2) is 0 Å². The van der Waals surface area contributed by atoms with Crippen LogP contribution in [0.4, 0.5) is 0 Å². The molecule has 2 N–H and O–H groups in total. The molecular formula is C13H15ClN2O. The first-order valence-corrected chi connectivity index (χ1v) is 6.26. The van der Waals surface area contributed by atoms with E-state index in [0.29, 0.717) is 18.0 Å². The van der Waals surface area contributed by atoms with Crippen molar-refractivity contribution in [2.45, 2.75) is 12.8 Å². The number of hydrogen-bond donors (Lipinski definition) is 2. The first-order chi connectivity index (χ1) is 8.33. The number of benzene rings is 1. The number of H-pyrrole nitrogens is 1. The smallest absolute Gasteiger partial charge is 0.253 e. The molecule has 0 aliphatic rings. The maximum Gasteiger partial charge on any atom is 0.253 e. The number of alkyl halides is 1. The number of nitrogens with one attached hydrogen (secondary N) is 2. The highest BCUT2D eigenvalue weighted by molar-refractivity contribution is 6.17. The highest BCUT2D eigenvalue weighted by atomic mass is 35.5. The van der Waals surface area contributed by atoms with Crippen molar-refractivity contribution in [3.8, 4) is 0 Å². The van der Waals surface area contributed by atoms with Gasteiger partial charge in [0.1, 0.15) is 0 Å². The lowest BCUT2D eigenvalue weighted by Crippen LogP contribution is -2.24. The summed E-state index contributed by atoms with van der Waals surface area (Å²) < 4.78 is 0. The molecule has 0 fully saturated rings. The maximum absolute atomic E-state index is 11.9. The molecule has 0 aliphatic heterocycles. The molecule has 0 aliphatic carbocycles. The second-order valence-electron chi connectivity index (χ2n) is 3.90. The van der Waals surface area contributed by atoms with Crippen LogP contribution in [0.25, 0.3) is 10.9 Å². The summed E-state index contributed by atoms with van der Waals surface area (Å²) in [6, 6.07) is 7.78. The van der Waals surface area contributed by atoms with Crippen molar-refractivity contribution in [2.75, 3.05) is 12.4 Å². The van der Waals surface area contributed by atoms with Gasteiger partial charge in [-0.3, -0.25) is 4.79 Å². The number of unbranched alkanes of at least 4 members (excludes halogenated alkanes) is 1. The zero-order valence-electron chi connectivity index (χ0n) is 9.50. The van der Waals surface area contributed by atoms with Gasteiger partial charge in [-0.15, -0.1) is 11.6 Å². The summed E-state index contributed by atoms with van der Waals surface area (Å²) >= 11 is 5.58. The standard InChI is InChI=1S/C13H15ClN2O/c14-7-3-4-8-15-13(17)11-9-16-12-6-2-1-5-10(11)12/h1-2,5-6,9,16H,3-4,7-8H2,(H,15,17). The quantitative estimate of drug-likeness (QED) is 0.622. The Bertz CT molecular complexity index is 507. The number of fused-ring (bicyclic) bond motifs is 1. The summed E-state index contributed by atoms with van der Waals surface area (Å²) in [7, 11) is 0. The van der Waals surface area contributed by atoms with Gasteiger partial charge < -0.3 is 10.3 Å². The van der Waals surface area contributed by atoms with Crippen LogP contribution in [0.5, 0.6) is 0 Å². The molecule has 2 rings (SSSR count). The molecule has 1 aromatic carbocycles. The summed E-state index contributed by atoms with van der Waals surface area (Å²) in [5.74, 6) is 0.611. The van der Waals surface area contributed by atoms with E-state index in [2.05, 4.69) is 10.3 Å². The monoisotopic (exact) mass is 250 g/mol. The Morgan fingerprint density at radius 3 is 2.94 bits per heavy atom. The van der Waals surface area contributed by atoms with Crippen LogP contribution in [0.1, 0.15) is 23.2 Å². The Morgan fingerprint density at radius 2 is 2.12 bits per heavy atom. The van der Waals surface area contributed by atoms with E-state index < -0.39 is 0 Å². The molecule has 0 unspecified atom stereocenters. The predicted molar refractivity (Wildman–Crippen MR) is 70.6 cm³/mol. The van der Waals surface area contributed by atoms with Crippen molar-refractivity contribution in [3.05, 3.63) is 36.0 Å². The number of hydrogen-bond acceptors (Lipinski definition) is 1. The van der Waals surface area contributed by atoms with E-state index in [9.17, 15) is 4.79 Å². The first-order valence-electron chi connectivity index (χ1n) is 5.73. The van der Waals surface area contributed by atoms with Crippen LogP contribution < -0.4 is 5.32 Å². The van der Waals surface area contributed by atoms with Crippen LogP contribution in [0.2, 0.25) is 0 Å². The number of aromatic amines is 1. The molecule has 0 saturated heterocycles. The highest BCUT2D eigenvalue weighted by Crippen LogP contribution is 2.17. The Balaban J connectivity index is 2.04. The molecule has 3 nitrogen and oxygen atoms in total. The van der Waals surface area contributed by atoms with Gasteiger partial charge in [0.25, 0.3) is 5.91 Å². The predicted octanol–water partition coefficient (Wildman–Crippen LogP) is 2.92. The fourth-order valence-electron chi connectivity index (χ4n) is 1.78. The molecule has 17 heavy (non-hydrogen) atoms. The number of halogens is 1. The van der Waals surface area contributed by atoms with Crippen molar-refractivity contribution in [1.82, 2.24) is 10.3 Å². The van der Waals surface area contributed by atoms with Crippen molar-refractivity contribution in [2.24, 2.45) is 0 Å². The Labute approximate surface area is 105 Å². The largest absolute Gasteiger partial charge is 0.360 e. The van der Waals surface area contributed by atoms with Crippen LogP contribution in [0.3, 0.4) is 0 Å². The number of carbonyl (C=O) groups excluding carboxylic acids is 1. The fourth-order valence-corrected chi connectivity index (χ4v) is 1.96. The molecule has 0 atom stereocenters. The Morgan fingerprint density at radius 1 is 1.29 bits per heavy atom. The lowest BCUT2D eigenvalue weighted by Gasteiger charge is -2.03. The third-order valence-corrected chi connectivity index (χ3v) is 2.95. The summed E-state index contributed by atoms with van der Waals surface area (Å²) in [4.78, 5) is 15.0. The van der Waals surface area contributed by atoms with Gasteiger partial charge in [0.05, 0.1) is 5.56 Å². The fraction of sp³-hybridized carbons (Fsp3) is 0.308. The average Bonchev–Trinajstić information content (AvgIpc) is 2.78. The molecule has 0 saturated carbocycles. The van der Waals surface area contributed by atoms with Crippen LogP contribution in [0, 0.1) is 0 Å². The molecule has 1 aromatic heterocycles. The highest BCUT2D eigenvalue weighted by Gasteiger charge is 2.10. The zero-order valence-corrected chi connectivity index (χ0v) is 10.3. The SMILES string of the molecule is O=C(NCCCCCl)c1c[nH]c2ccccc12. The summed E-state index contributed by atoms with van der Waals surface area (Å²) in [5.41, 5.74) is 1.69. The van der Waals surface area contributed by atoms with Crippen molar-refractivity contribution >= 4 is 28.4 Å². The lowest BCUT2D eigenvalue weighted by atomic mass is 10.1. The molecule has 0 radical (unpaired) electrons. The van der Waals surface area contributed by atoms with Crippen LogP contribution in [-0.4, -0.2) is 23.3 Å². The van der Waals surface area contributed by atoms with E-state index in [0.717, 1.165) is 23.7 Å². The minimum absolute atomic E-state index is 0.0305. The average molecular weight is 251 g/mol. The Kier molecular flexibility index (Phi) is 4.04. The van der Waals surface area contributed by atoms with Crippen LogP contribution >= 0.6 is 11.6 Å². The number of aromatic nitrogens is 1. The molecule has 0 bridgehead atoms. The van der Waals surface area contributed by atoms with Gasteiger partial charge in [0.2, 0.25) is 0 Å². The van der Waals surface area contributed by atoms with Crippen molar-refractivity contribution in [3.63, 3.8) is 0 Å². The maximum atomic E-state index is 11.9. The first kappa shape index (κ1) is 12.0. The van der Waals surface area contributed by atoms with E-state index in [-0.39, 0.29) is 5.91 Å². The van der Waals surface area contributed by atoms with Crippen molar-refractivity contribution < 1.29 is 4.79 Å². The molecule has 1 heterocycles. The minimum atomic E-state index is -0.0305. The summed E-state index contributed by atoms with van der Waals surface area (Å²) in [5, 5.41) is 3.85. The summed E-state index contributed by atoms with van der Waals surface area (Å²) in [6.45, 7) is 0.672. The van der Waals surface area contributed by atoms with Gasteiger partial charge in [-0.05, 0) is 18.9 Å². The van der Waals surface area contributed by atoms with Crippen molar-refractivity contribution in [1.29, 1.82) is 0 Å². The number of rotatable bonds is 5. The number of carbonyl (C=O) groups is 1. The topological polar surface area (TPSA) is 44.9 Å². The van der Waals surface area contributed by atoms with Gasteiger partial charge >= 0.3 is 0 Å². The Hall–Kier alpha value is -1.48. The van der Waals surface area contributed by atoms with Gasteiger partial charge in [-0.2, -0.15) is 0 Å². The molecule has 1 amide bonds. The van der Waals surface area contributed by atoms with Gasteiger partial charge in [0, 0.05) is 29.5 Å². The third-order valence-electron chi connectivity index (χ3n) is 2.68. The second-order valence-corrected chi connectivity index (χ2v) is 4.28. The molecule has 2 aromatic rings. The van der Waals surface area contributed by atoms with Gasteiger partial charge in [-0.25, -0.2) is 0 Å². The molecular weight excluding hydrogens is 236 g/mol.